The molecule has 0 aliphatic rings. The maximum atomic E-state index is 13.5. The van der Waals surface area contributed by atoms with Crippen molar-refractivity contribution in [3.05, 3.63) is 60.3 Å². The molecule has 7 heteroatoms. The van der Waals surface area contributed by atoms with Crippen LogP contribution >= 0.6 is 0 Å². The number of rotatable bonds is 6. The number of fused-ring (bicyclic) bond motifs is 1. The molecule has 0 radical (unpaired) electrons. The molecule has 6 nitrogen and oxygen atoms in total. The van der Waals surface area contributed by atoms with E-state index in [4.69, 9.17) is 4.74 Å². The number of hydrogen-bond acceptors (Lipinski definition) is 4. The Labute approximate surface area is 144 Å². The van der Waals surface area contributed by atoms with Crippen molar-refractivity contribution in [1.82, 2.24) is 15.0 Å². The van der Waals surface area contributed by atoms with E-state index < -0.39 is 6.09 Å². The maximum absolute atomic E-state index is 13.5. The SMILES string of the molecule is CNC(=O)Oc1ccc2c(ccn2NCCCc2ccncc2F)c1. The van der Waals surface area contributed by atoms with Crippen molar-refractivity contribution in [2.45, 2.75) is 12.8 Å². The van der Waals surface area contributed by atoms with Gasteiger partial charge in [-0.05, 0) is 48.7 Å². The van der Waals surface area contributed by atoms with Crippen molar-refractivity contribution in [2.75, 3.05) is 19.0 Å². The molecule has 2 N–H and O–H groups in total. The van der Waals surface area contributed by atoms with Gasteiger partial charge >= 0.3 is 6.09 Å². The molecule has 0 atom stereocenters. The Balaban J connectivity index is 1.58. The van der Waals surface area contributed by atoms with Crippen LogP contribution in [0.4, 0.5) is 9.18 Å². The van der Waals surface area contributed by atoms with E-state index in [2.05, 4.69) is 15.7 Å². The molecular weight excluding hydrogens is 323 g/mol. The molecule has 0 aliphatic carbocycles. The van der Waals surface area contributed by atoms with Gasteiger partial charge < -0.3 is 15.5 Å². The summed E-state index contributed by atoms with van der Waals surface area (Å²) in [5, 5.41) is 3.36. The lowest BCUT2D eigenvalue weighted by molar-refractivity contribution is 0.203. The number of aryl methyl sites for hydroxylation is 1. The molecule has 0 saturated carbocycles. The summed E-state index contributed by atoms with van der Waals surface area (Å²) in [6, 6.07) is 9.05. The number of carbonyl (C=O) groups excluding carboxylic acids is 1. The molecule has 1 aromatic carbocycles. The standard InChI is InChI=1S/C18H19FN4O2/c1-20-18(24)25-15-4-5-17-14(11-15)7-10-23(17)22-8-2-3-13-6-9-21-12-16(13)19/h4-7,9-12,22H,2-3,8H2,1H3,(H,20,24). The van der Waals surface area contributed by atoms with Gasteiger partial charge in [-0.2, -0.15) is 0 Å². The number of benzene rings is 1. The first kappa shape index (κ1) is 16.8. The predicted octanol–water partition coefficient (Wildman–Crippen LogP) is 3.07. The van der Waals surface area contributed by atoms with E-state index in [1.54, 1.807) is 24.4 Å². The number of ether oxygens (including phenoxy) is 1. The second kappa shape index (κ2) is 7.65. The third-order valence-corrected chi connectivity index (χ3v) is 3.84. The quantitative estimate of drug-likeness (QED) is 0.676. The molecule has 3 rings (SSSR count). The third kappa shape index (κ3) is 4.06. The first-order valence-corrected chi connectivity index (χ1v) is 8.00. The fraction of sp³-hybridized carbons (Fsp3) is 0.222. The lowest BCUT2D eigenvalue weighted by Crippen LogP contribution is -2.22. The Morgan fingerprint density at radius 3 is 3.00 bits per heavy atom. The van der Waals surface area contributed by atoms with Gasteiger partial charge in [0.1, 0.15) is 11.6 Å². The van der Waals surface area contributed by atoms with Gasteiger partial charge in [-0.25, -0.2) is 9.18 Å². The summed E-state index contributed by atoms with van der Waals surface area (Å²) >= 11 is 0. The Kier molecular flexibility index (Phi) is 5.13. The van der Waals surface area contributed by atoms with E-state index in [0.29, 0.717) is 24.3 Å². The first-order chi connectivity index (χ1) is 12.2. The monoisotopic (exact) mass is 342 g/mol. The van der Waals surface area contributed by atoms with Gasteiger partial charge in [-0.1, -0.05) is 0 Å². The molecule has 0 saturated heterocycles. The zero-order valence-electron chi connectivity index (χ0n) is 13.8. The summed E-state index contributed by atoms with van der Waals surface area (Å²) in [5.74, 6) is 0.218. The van der Waals surface area contributed by atoms with Crippen LogP contribution < -0.4 is 15.5 Å². The molecule has 2 heterocycles. The highest BCUT2D eigenvalue weighted by atomic mass is 19.1. The lowest BCUT2D eigenvalue weighted by atomic mass is 10.1. The Hall–Kier alpha value is -3.09. The van der Waals surface area contributed by atoms with Crippen LogP contribution in [0.3, 0.4) is 0 Å². The maximum Gasteiger partial charge on any atom is 0.412 e. The second-order valence-electron chi connectivity index (χ2n) is 5.52. The van der Waals surface area contributed by atoms with Crippen molar-refractivity contribution < 1.29 is 13.9 Å². The first-order valence-electron chi connectivity index (χ1n) is 8.00. The van der Waals surface area contributed by atoms with Crippen molar-refractivity contribution in [1.29, 1.82) is 0 Å². The number of halogens is 1. The number of nitrogens with one attached hydrogen (secondary N) is 2. The Morgan fingerprint density at radius 2 is 2.20 bits per heavy atom. The van der Waals surface area contributed by atoms with Crippen LogP contribution in [0.1, 0.15) is 12.0 Å². The van der Waals surface area contributed by atoms with Crippen LogP contribution in [0, 0.1) is 5.82 Å². The average molecular weight is 342 g/mol. The molecule has 130 valence electrons. The zero-order chi connectivity index (χ0) is 17.6. The van der Waals surface area contributed by atoms with Crippen LogP contribution in [-0.4, -0.2) is 29.3 Å². The molecule has 0 aliphatic heterocycles. The lowest BCUT2D eigenvalue weighted by Gasteiger charge is -2.10. The minimum atomic E-state index is -0.500. The highest BCUT2D eigenvalue weighted by Gasteiger charge is 2.06. The minimum absolute atomic E-state index is 0.266. The summed E-state index contributed by atoms with van der Waals surface area (Å²) in [4.78, 5) is 15.0. The second-order valence-corrected chi connectivity index (χ2v) is 5.52. The molecule has 3 aromatic rings. The van der Waals surface area contributed by atoms with Gasteiger partial charge in [-0.15, -0.1) is 0 Å². The number of hydrogen-bond donors (Lipinski definition) is 2. The summed E-state index contributed by atoms with van der Waals surface area (Å²) < 4.78 is 20.5. The van der Waals surface area contributed by atoms with Crippen LogP contribution in [-0.2, 0) is 6.42 Å². The van der Waals surface area contributed by atoms with E-state index in [9.17, 15) is 9.18 Å². The van der Waals surface area contributed by atoms with E-state index in [1.807, 2.05) is 23.0 Å². The van der Waals surface area contributed by atoms with Crippen molar-refractivity contribution in [2.24, 2.45) is 0 Å². The average Bonchev–Trinajstić information content (AvgIpc) is 3.02. The molecule has 2 aromatic heterocycles. The van der Waals surface area contributed by atoms with Gasteiger partial charge in [0.25, 0.3) is 0 Å². The fourth-order valence-electron chi connectivity index (χ4n) is 2.57. The molecule has 0 spiro atoms. The third-order valence-electron chi connectivity index (χ3n) is 3.84. The van der Waals surface area contributed by atoms with E-state index in [-0.39, 0.29) is 5.82 Å². The van der Waals surface area contributed by atoms with Crippen LogP contribution in [0.25, 0.3) is 10.9 Å². The van der Waals surface area contributed by atoms with Crippen LogP contribution in [0.15, 0.2) is 48.9 Å². The predicted molar refractivity (Wildman–Crippen MR) is 93.8 cm³/mol. The van der Waals surface area contributed by atoms with E-state index in [0.717, 1.165) is 17.3 Å². The highest BCUT2D eigenvalue weighted by Crippen LogP contribution is 2.21. The van der Waals surface area contributed by atoms with Crippen LogP contribution in [0.2, 0.25) is 0 Å². The topological polar surface area (TPSA) is 68.2 Å². The Bertz CT molecular complexity index is 878. The number of carbonyl (C=O) groups is 1. The molecule has 0 unspecified atom stereocenters. The van der Waals surface area contributed by atoms with Crippen LogP contribution in [0.5, 0.6) is 5.75 Å². The summed E-state index contributed by atoms with van der Waals surface area (Å²) in [5.41, 5.74) is 4.93. The minimum Gasteiger partial charge on any atom is -0.410 e. The van der Waals surface area contributed by atoms with Gasteiger partial charge in [0.05, 0.1) is 11.7 Å². The summed E-state index contributed by atoms with van der Waals surface area (Å²) in [6.07, 6.45) is 5.68. The molecule has 0 fully saturated rings. The van der Waals surface area contributed by atoms with E-state index in [1.165, 1.54) is 13.2 Å². The largest absolute Gasteiger partial charge is 0.412 e. The van der Waals surface area contributed by atoms with Gasteiger partial charge in [0, 0.05) is 31.4 Å². The number of pyridine rings is 1. The van der Waals surface area contributed by atoms with Crippen molar-refractivity contribution >= 4 is 17.0 Å². The fourth-order valence-corrected chi connectivity index (χ4v) is 2.57. The van der Waals surface area contributed by atoms with Gasteiger partial charge in [0.15, 0.2) is 0 Å². The molecular formula is C18H19FN4O2. The zero-order valence-corrected chi connectivity index (χ0v) is 13.8. The van der Waals surface area contributed by atoms with Crippen molar-refractivity contribution in [3.63, 3.8) is 0 Å². The van der Waals surface area contributed by atoms with Gasteiger partial charge in [-0.3, -0.25) is 9.66 Å². The van der Waals surface area contributed by atoms with E-state index >= 15 is 0 Å². The number of amides is 1. The van der Waals surface area contributed by atoms with Crippen molar-refractivity contribution in [3.8, 4) is 5.75 Å². The summed E-state index contributed by atoms with van der Waals surface area (Å²) in [6.45, 7) is 0.696. The molecule has 1 amide bonds. The van der Waals surface area contributed by atoms with Gasteiger partial charge in [0.2, 0.25) is 0 Å². The molecule has 25 heavy (non-hydrogen) atoms. The summed E-state index contributed by atoms with van der Waals surface area (Å²) in [7, 11) is 1.51. The normalized spacial score (nSPS) is 10.6. The molecule has 0 bridgehead atoms. The number of nitrogens with zero attached hydrogens (tertiary/aromatic N) is 2. The number of aromatic nitrogens is 2. The highest BCUT2D eigenvalue weighted by molar-refractivity contribution is 5.83. The smallest absolute Gasteiger partial charge is 0.410 e. The Morgan fingerprint density at radius 1 is 1.32 bits per heavy atom.